The van der Waals surface area contributed by atoms with Crippen molar-refractivity contribution in [2.45, 2.75) is 6.92 Å². The highest BCUT2D eigenvalue weighted by molar-refractivity contribution is 5.57. The van der Waals surface area contributed by atoms with Gasteiger partial charge in [-0.3, -0.25) is 0 Å². The van der Waals surface area contributed by atoms with E-state index in [0.717, 1.165) is 0 Å². The Hall–Kier alpha value is -2.24. The zero-order valence-corrected chi connectivity index (χ0v) is 10.4. The maximum atomic E-state index is 13.2. The quantitative estimate of drug-likeness (QED) is 0.900. The van der Waals surface area contributed by atoms with Gasteiger partial charge in [-0.1, -0.05) is 0 Å². The van der Waals surface area contributed by atoms with Gasteiger partial charge in [0.15, 0.2) is 5.82 Å². The fraction of sp³-hybridized carbons (Fsp3) is 0.250. The fourth-order valence-corrected chi connectivity index (χ4v) is 1.47. The Labute approximate surface area is 104 Å². The van der Waals surface area contributed by atoms with E-state index in [4.69, 9.17) is 4.74 Å². The first-order chi connectivity index (χ1) is 8.63. The molecule has 2 aromatic rings. The van der Waals surface area contributed by atoms with Crippen LogP contribution in [0.4, 0.5) is 10.3 Å². The Kier molecular flexibility index (Phi) is 3.36. The summed E-state index contributed by atoms with van der Waals surface area (Å²) >= 11 is 0. The van der Waals surface area contributed by atoms with E-state index >= 15 is 0 Å². The molecule has 0 bridgehead atoms. The molecule has 0 aliphatic rings. The van der Waals surface area contributed by atoms with Crippen LogP contribution in [0.25, 0.3) is 11.4 Å². The van der Waals surface area contributed by atoms with Crippen molar-refractivity contribution in [3.8, 4) is 17.4 Å². The van der Waals surface area contributed by atoms with Gasteiger partial charge in [-0.2, -0.15) is 15.0 Å². The molecule has 2 rings (SSSR count). The van der Waals surface area contributed by atoms with E-state index < -0.39 is 0 Å². The number of methoxy groups -OCH3 is 1. The fourth-order valence-electron chi connectivity index (χ4n) is 1.47. The molecule has 94 valence electrons. The van der Waals surface area contributed by atoms with Gasteiger partial charge in [0.2, 0.25) is 5.95 Å². The molecule has 0 unspecified atom stereocenters. The van der Waals surface area contributed by atoms with E-state index in [9.17, 15) is 4.39 Å². The number of nitrogens with one attached hydrogen (secondary N) is 1. The summed E-state index contributed by atoms with van der Waals surface area (Å²) in [5.74, 6) is 0.585. The Morgan fingerprint density at radius 3 is 2.61 bits per heavy atom. The van der Waals surface area contributed by atoms with Crippen LogP contribution in [0.2, 0.25) is 0 Å². The molecule has 0 aliphatic carbocycles. The van der Waals surface area contributed by atoms with Crippen molar-refractivity contribution < 1.29 is 9.13 Å². The molecule has 0 atom stereocenters. The molecule has 1 heterocycles. The molecule has 5 nitrogen and oxygen atoms in total. The van der Waals surface area contributed by atoms with Crippen LogP contribution in [-0.2, 0) is 0 Å². The number of hydrogen-bond donors (Lipinski definition) is 1. The number of benzene rings is 1. The molecule has 6 heteroatoms. The zero-order valence-electron chi connectivity index (χ0n) is 10.4. The molecule has 1 aromatic heterocycles. The molecule has 0 spiro atoms. The first kappa shape index (κ1) is 12.2. The van der Waals surface area contributed by atoms with E-state index in [-0.39, 0.29) is 11.8 Å². The first-order valence-electron chi connectivity index (χ1n) is 5.38. The van der Waals surface area contributed by atoms with Gasteiger partial charge >= 0.3 is 6.01 Å². The molecule has 0 radical (unpaired) electrons. The van der Waals surface area contributed by atoms with Crippen molar-refractivity contribution in [2.24, 2.45) is 0 Å². The minimum absolute atomic E-state index is 0.214. The van der Waals surface area contributed by atoms with Gasteiger partial charge in [0.05, 0.1) is 7.11 Å². The van der Waals surface area contributed by atoms with Crippen molar-refractivity contribution in [2.75, 3.05) is 19.5 Å². The monoisotopic (exact) mass is 248 g/mol. The third-order valence-corrected chi connectivity index (χ3v) is 2.44. The van der Waals surface area contributed by atoms with Gasteiger partial charge < -0.3 is 10.1 Å². The lowest BCUT2D eigenvalue weighted by Crippen LogP contribution is -2.03. The van der Waals surface area contributed by atoms with Crippen LogP contribution >= 0.6 is 0 Å². The maximum Gasteiger partial charge on any atom is 0.321 e. The average molecular weight is 248 g/mol. The number of aromatic nitrogens is 3. The molecule has 0 fully saturated rings. The van der Waals surface area contributed by atoms with Crippen LogP contribution in [0.3, 0.4) is 0 Å². The first-order valence-corrected chi connectivity index (χ1v) is 5.38. The summed E-state index contributed by atoms with van der Waals surface area (Å²) in [4.78, 5) is 12.3. The van der Waals surface area contributed by atoms with Crippen LogP contribution in [0.1, 0.15) is 5.56 Å². The average Bonchev–Trinajstić information content (AvgIpc) is 2.41. The third kappa shape index (κ3) is 2.37. The molecule has 0 amide bonds. The van der Waals surface area contributed by atoms with Crippen molar-refractivity contribution in [3.63, 3.8) is 0 Å². The molecule has 0 saturated carbocycles. The van der Waals surface area contributed by atoms with Crippen LogP contribution in [0, 0.1) is 12.7 Å². The van der Waals surface area contributed by atoms with Gasteiger partial charge in [-0.25, -0.2) is 4.39 Å². The van der Waals surface area contributed by atoms with Crippen molar-refractivity contribution in [1.29, 1.82) is 0 Å². The topological polar surface area (TPSA) is 59.9 Å². The molecule has 1 N–H and O–H groups in total. The molecule has 18 heavy (non-hydrogen) atoms. The second kappa shape index (κ2) is 4.95. The van der Waals surface area contributed by atoms with Gasteiger partial charge in [-0.15, -0.1) is 0 Å². The normalized spacial score (nSPS) is 10.2. The van der Waals surface area contributed by atoms with Gasteiger partial charge in [0.1, 0.15) is 5.82 Å². The van der Waals surface area contributed by atoms with Crippen LogP contribution in [-0.4, -0.2) is 29.1 Å². The number of ether oxygens (including phenoxy) is 1. The predicted molar refractivity (Wildman–Crippen MR) is 66.1 cm³/mol. The summed E-state index contributed by atoms with van der Waals surface area (Å²) < 4.78 is 18.2. The number of aryl methyl sites for hydroxylation is 1. The lowest BCUT2D eigenvalue weighted by Gasteiger charge is -2.06. The maximum absolute atomic E-state index is 13.2. The van der Waals surface area contributed by atoms with Gasteiger partial charge in [0.25, 0.3) is 0 Å². The largest absolute Gasteiger partial charge is 0.467 e. The standard InChI is InChI=1S/C12H13FN4O/c1-7-6-8(4-5-9(7)13)10-15-11(14-2)17-12(16-10)18-3/h4-6H,1-3H3,(H,14,15,16,17). The van der Waals surface area contributed by atoms with Crippen molar-refractivity contribution in [3.05, 3.63) is 29.6 Å². The molecule has 0 saturated heterocycles. The summed E-state index contributed by atoms with van der Waals surface area (Å²) in [6.07, 6.45) is 0. The van der Waals surface area contributed by atoms with Gasteiger partial charge in [0, 0.05) is 12.6 Å². The van der Waals surface area contributed by atoms with E-state index in [1.54, 1.807) is 26.1 Å². The minimum atomic E-state index is -0.256. The molecular formula is C12H13FN4O. The van der Waals surface area contributed by atoms with E-state index in [1.165, 1.54) is 13.2 Å². The number of halogens is 1. The minimum Gasteiger partial charge on any atom is -0.467 e. The highest BCUT2D eigenvalue weighted by atomic mass is 19.1. The van der Waals surface area contributed by atoms with Crippen LogP contribution in [0.5, 0.6) is 6.01 Å². The van der Waals surface area contributed by atoms with E-state index in [0.29, 0.717) is 22.9 Å². The predicted octanol–water partition coefficient (Wildman–Crippen LogP) is 2.04. The summed E-state index contributed by atoms with van der Waals surface area (Å²) in [6, 6.07) is 4.91. The highest BCUT2D eigenvalue weighted by Crippen LogP contribution is 2.20. The zero-order chi connectivity index (χ0) is 13.1. The smallest absolute Gasteiger partial charge is 0.321 e. The summed E-state index contributed by atoms with van der Waals surface area (Å²) in [6.45, 7) is 1.69. The second-order valence-electron chi connectivity index (χ2n) is 3.68. The Bertz CT molecular complexity index is 552. The molecule has 1 aromatic carbocycles. The number of hydrogen-bond acceptors (Lipinski definition) is 5. The number of rotatable bonds is 3. The van der Waals surface area contributed by atoms with E-state index in [1.807, 2.05) is 0 Å². The summed E-state index contributed by atoms with van der Waals surface area (Å²) in [5.41, 5.74) is 1.25. The van der Waals surface area contributed by atoms with Crippen molar-refractivity contribution >= 4 is 5.95 Å². The molecular weight excluding hydrogens is 235 g/mol. The Balaban J connectivity index is 2.51. The SMILES string of the molecule is CNc1nc(OC)nc(-c2ccc(F)c(C)c2)n1. The lowest BCUT2D eigenvalue weighted by atomic mass is 10.1. The molecule has 0 aliphatic heterocycles. The second-order valence-corrected chi connectivity index (χ2v) is 3.68. The lowest BCUT2D eigenvalue weighted by molar-refractivity contribution is 0.379. The van der Waals surface area contributed by atoms with Gasteiger partial charge in [-0.05, 0) is 30.7 Å². The summed E-state index contributed by atoms with van der Waals surface area (Å²) in [7, 11) is 3.18. The van der Waals surface area contributed by atoms with Crippen LogP contribution < -0.4 is 10.1 Å². The van der Waals surface area contributed by atoms with Crippen molar-refractivity contribution in [1.82, 2.24) is 15.0 Å². The number of anilines is 1. The van der Waals surface area contributed by atoms with E-state index in [2.05, 4.69) is 20.3 Å². The third-order valence-electron chi connectivity index (χ3n) is 2.44. The number of nitrogens with zero attached hydrogens (tertiary/aromatic N) is 3. The Morgan fingerprint density at radius 2 is 2.00 bits per heavy atom. The summed E-state index contributed by atoms with van der Waals surface area (Å²) in [5, 5.41) is 2.82. The highest BCUT2D eigenvalue weighted by Gasteiger charge is 2.09. The van der Waals surface area contributed by atoms with Crippen LogP contribution in [0.15, 0.2) is 18.2 Å². The Morgan fingerprint density at radius 1 is 1.22 bits per heavy atom.